The minimum atomic E-state index is 0.206. The van der Waals surface area contributed by atoms with Crippen LogP contribution in [0.1, 0.15) is 11.3 Å². The molecule has 0 saturated carbocycles. The van der Waals surface area contributed by atoms with Crippen molar-refractivity contribution >= 4 is 11.9 Å². The number of H-pyrrole nitrogens is 1. The molecule has 0 aliphatic rings. The number of aromatic nitrogens is 1. The Kier molecular flexibility index (Phi) is 2.54. The van der Waals surface area contributed by atoms with E-state index in [0.717, 1.165) is 11.3 Å². The summed E-state index contributed by atoms with van der Waals surface area (Å²) in [4.78, 5) is 7.19. The number of hydrogen-bond donors (Lipinski definition) is 2. The number of aryl methyl sites for hydroxylation is 1. The molecule has 0 fully saturated rings. The molecule has 2 N–H and O–H groups in total. The van der Waals surface area contributed by atoms with Gasteiger partial charge in [-0.15, -0.1) is 0 Å². The molecule has 0 saturated heterocycles. The smallest absolute Gasteiger partial charge is 0.141 e. The Labute approximate surface area is 88.1 Å². The molecule has 0 radical (unpaired) electrons. The highest BCUT2D eigenvalue weighted by atomic mass is 16.3. The fourth-order valence-electron chi connectivity index (χ4n) is 1.31. The molecule has 76 valence electrons. The molecule has 0 aliphatic heterocycles. The lowest BCUT2D eigenvalue weighted by Gasteiger charge is -1.99. The van der Waals surface area contributed by atoms with Gasteiger partial charge in [-0.2, -0.15) is 0 Å². The number of aromatic amines is 1. The minimum absolute atomic E-state index is 0.206. The van der Waals surface area contributed by atoms with Gasteiger partial charge in [0.15, 0.2) is 0 Å². The molecule has 0 unspecified atom stereocenters. The summed E-state index contributed by atoms with van der Waals surface area (Å²) in [6, 6.07) is 9.22. The maximum atomic E-state index is 9.60. The van der Waals surface area contributed by atoms with Gasteiger partial charge in [0.2, 0.25) is 0 Å². The van der Waals surface area contributed by atoms with Crippen LogP contribution in [0.5, 0.6) is 5.75 Å². The summed E-state index contributed by atoms with van der Waals surface area (Å²) in [6.45, 7) is 1.93. The van der Waals surface area contributed by atoms with Crippen LogP contribution in [0.3, 0.4) is 0 Å². The van der Waals surface area contributed by atoms with Crippen molar-refractivity contribution in [3.63, 3.8) is 0 Å². The first-order valence-corrected chi connectivity index (χ1v) is 4.73. The van der Waals surface area contributed by atoms with E-state index in [1.807, 2.05) is 31.3 Å². The van der Waals surface area contributed by atoms with E-state index >= 15 is 0 Å². The Morgan fingerprint density at radius 3 is 2.87 bits per heavy atom. The van der Waals surface area contributed by atoms with Crippen LogP contribution in [0.25, 0.3) is 0 Å². The van der Waals surface area contributed by atoms with Crippen molar-refractivity contribution in [1.82, 2.24) is 4.98 Å². The van der Waals surface area contributed by atoms with Crippen molar-refractivity contribution in [1.29, 1.82) is 0 Å². The second-order valence-corrected chi connectivity index (χ2v) is 3.38. The van der Waals surface area contributed by atoms with Gasteiger partial charge in [0.25, 0.3) is 0 Å². The highest BCUT2D eigenvalue weighted by molar-refractivity contribution is 5.80. The van der Waals surface area contributed by atoms with Crippen molar-refractivity contribution in [2.45, 2.75) is 6.92 Å². The molecule has 0 amide bonds. The Morgan fingerprint density at radius 2 is 2.20 bits per heavy atom. The van der Waals surface area contributed by atoms with Crippen LogP contribution in [-0.2, 0) is 0 Å². The minimum Gasteiger partial charge on any atom is -0.506 e. The average Bonchev–Trinajstić information content (AvgIpc) is 2.69. The molecular weight excluding hydrogens is 188 g/mol. The van der Waals surface area contributed by atoms with Gasteiger partial charge in [-0.1, -0.05) is 6.07 Å². The first kappa shape index (κ1) is 9.52. The second-order valence-electron chi connectivity index (χ2n) is 3.38. The average molecular weight is 200 g/mol. The number of benzene rings is 1. The Balaban J connectivity index is 2.24. The highest BCUT2D eigenvalue weighted by Crippen LogP contribution is 2.26. The summed E-state index contributed by atoms with van der Waals surface area (Å²) in [5, 5.41) is 9.60. The van der Waals surface area contributed by atoms with Crippen LogP contribution in [0, 0.1) is 6.92 Å². The molecule has 15 heavy (non-hydrogen) atoms. The van der Waals surface area contributed by atoms with Crippen molar-refractivity contribution in [3.8, 4) is 5.75 Å². The van der Waals surface area contributed by atoms with Gasteiger partial charge >= 0.3 is 0 Å². The van der Waals surface area contributed by atoms with E-state index < -0.39 is 0 Å². The molecule has 0 spiro atoms. The number of aliphatic imine (C=N–C) groups is 1. The van der Waals surface area contributed by atoms with Gasteiger partial charge in [0, 0.05) is 6.20 Å². The number of phenols is 1. The largest absolute Gasteiger partial charge is 0.506 e. The zero-order valence-corrected chi connectivity index (χ0v) is 8.44. The molecule has 0 aliphatic carbocycles. The van der Waals surface area contributed by atoms with Crippen LogP contribution in [0.4, 0.5) is 5.69 Å². The molecule has 2 rings (SSSR count). The van der Waals surface area contributed by atoms with Crippen LogP contribution in [0.2, 0.25) is 0 Å². The molecule has 1 aromatic heterocycles. The fraction of sp³-hybridized carbons (Fsp3) is 0.0833. The summed E-state index contributed by atoms with van der Waals surface area (Å²) < 4.78 is 0. The van der Waals surface area contributed by atoms with Crippen molar-refractivity contribution < 1.29 is 5.11 Å². The van der Waals surface area contributed by atoms with Gasteiger partial charge in [-0.3, -0.25) is 4.99 Å². The topological polar surface area (TPSA) is 48.4 Å². The predicted molar refractivity (Wildman–Crippen MR) is 60.9 cm³/mol. The number of phenolic OH excluding ortho intramolecular Hbond substituents is 1. The summed E-state index contributed by atoms with van der Waals surface area (Å²) in [5.74, 6) is 0.206. The summed E-state index contributed by atoms with van der Waals surface area (Å²) in [6.07, 6.45) is 3.51. The molecule has 0 bridgehead atoms. The number of nitrogens with zero attached hydrogens (tertiary/aromatic N) is 1. The summed E-state index contributed by atoms with van der Waals surface area (Å²) in [7, 11) is 0. The summed E-state index contributed by atoms with van der Waals surface area (Å²) >= 11 is 0. The number of hydrogen-bond acceptors (Lipinski definition) is 2. The lowest BCUT2D eigenvalue weighted by atomic mass is 10.2. The number of rotatable bonds is 2. The van der Waals surface area contributed by atoms with Gasteiger partial charge in [-0.25, -0.2) is 0 Å². The lowest BCUT2D eigenvalue weighted by Crippen LogP contribution is -1.79. The SMILES string of the molecule is Cc1ccc(/N=C/c2ccc[nH]2)c(O)c1. The van der Waals surface area contributed by atoms with E-state index in [9.17, 15) is 5.11 Å². The highest BCUT2D eigenvalue weighted by Gasteiger charge is 1.97. The molecular formula is C12H12N2O. The zero-order valence-electron chi connectivity index (χ0n) is 8.44. The quantitative estimate of drug-likeness (QED) is 0.719. The van der Waals surface area contributed by atoms with E-state index in [1.54, 1.807) is 18.3 Å². The predicted octanol–water partition coefficient (Wildman–Crippen LogP) is 2.78. The third kappa shape index (κ3) is 2.26. The monoisotopic (exact) mass is 200 g/mol. The zero-order chi connectivity index (χ0) is 10.7. The number of nitrogens with one attached hydrogen (secondary N) is 1. The molecule has 1 heterocycles. The molecule has 0 atom stereocenters. The molecule has 3 heteroatoms. The fourth-order valence-corrected chi connectivity index (χ4v) is 1.31. The maximum Gasteiger partial charge on any atom is 0.141 e. The van der Waals surface area contributed by atoms with Gasteiger partial charge in [0.05, 0.1) is 11.9 Å². The standard InChI is InChI=1S/C12H12N2O/c1-9-4-5-11(12(15)7-9)14-8-10-3-2-6-13-10/h2-8,13,15H,1H3/b14-8+. The van der Waals surface area contributed by atoms with E-state index in [-0.39, 0.29) is 5.75 Å². The molecule has 2 aromatic rings. The van der Waals surface area contributed by atoms with Crippen LogP contribution >= 0.6 is 0 Å². The van der Waals surface area contributed by atoms with Gasteiger partial charge in [-0.05, 0) is 36.8 Å². The Hall–Kier alpha value is -2.03. The third-order valence-corrected chi connectivity index (χ3v) is 2.10. The maximum absolute atomic E-state index is 9.60. The first-order valence-electron chi connectivity index (χ1n) is 4.73. The van der Waals surface area contributed by atoms with E-state index in [1.165, 1.54) is 0 Å². The van der Waals surface area contributed by atoms with Crippen LogP contribution in [-0.4, -0.2) is 16.3 Å². The second kappa shape index (κ2) is 4.00. The van der Waals surface area contributed by atoms with E-state index in [4.69, 9.17) is 0 Å². The van der Waals surface area contributed by atoms with Crippen LogP contribution < -0.4 is 0 Å². The van der Waals surface area contributed by atoms with Crippen LogP contribution in [0.15, 0.2) is 41.5 Å². The van der Waals surface area contributed by atoms with Crippen molar-refractivity contribution in [2.24, 2.45) is 4.99 Å². The van der Waals surface area contributed by atoms with Crippen molar-refractivity contribution in [3.05, 3.63) is 47.8 Å². The lowest BCUT2D eigenvalue weighted by molar-refractivity contribution is 0.476. The van der Waals surface area contributed by atoms with E-state index in [0.29, 0.717) is 5.69 Å². The Morgan fingerprint density at radius 1 is 1.33 bits per heavy atom. The third-order valence-electron chi connectivity index (χ3n) is 2.10. The van der Waals surface area contributed by atoms with Gasteiger partial charge < -0.3 is 10.1 Å². The Bertz CT molecular complexity index is 472. The normalized spacial score (nSPS) is 11.0. The molecule has 1 aromatic carbocycles. The first-order chi connectivity index (χ1) is 7.25. The molecule has 3 nitrogen and oxygen atoms in total. The van der Waals surface area contributed by atoms with Gasteiger partial charge in [0.1, 0.15) is 11.4 Å². The summed E-state index contributed by atoms with van der Waals surface area (Å²) in [5.41, 5.74) is 2.51. The van der Waals surface area contributed by atoms with Crippen molar-refractivity contribution in [2.75, 3.05) is 0 Å². The number of aromatic hydroxyl groups is 1. The van der Waals surface area contributed by atoms with E-state index in [2.05, 4.69) is 9.98 Å².